The van der Waals surface area contributed by atoms with Gasteiger partial charge in [-0.1, -0.05) is 53.7 Å². The number of hydrogen-bond donors (Lipinski definition) is 1. The largest absolute Gasteiger partial charge is 0.481 e. The summed E-state index contributed by atoms with van der Waals surface area (Å²) in [6.07, 6.45) is -4.98. The number of nitrogens with one attached hydrogen (secondary N) is 1. The van der Waals surface area contributed by atoms with Crippen LogP contribution >= 0.6 is 23.4 Å². The Bertz CT molecular complexity index is 1360. The van der Waals surface area contributed by atoms with E-state index in [0.29, 0.717) is 21.8 Å². The molecule has 0 spiro atoms. The van der Waals surface area contributed by atoms with Gasteiger partial charge in [-0.25, -0.2) is 0 Å². The highest BCUT2D eigenvalue weighted by Gasteiger charge is 2.30. The summed E-state index contributed by atoms with van der Waals surface area (Å²) in [6, 6.07) is 20.8. The van der Waals surface area contributed by atoms with Crippen molar-refractivity contribution in [2.75, 3.05) is 5.32 Å². The zero-order valence-electron chi connectivity index (χ0n) is 19.7. The molecule has 2 atom stereocenters. The molecule has 192 valence electrons. The molecule has 0 aliphatic heterocycles. The van der Waals surface area contributed by atoms with Crippen LogP contribution in [0.1, 0.15) is 31.3 Å². The van der Waals surface area contributed by atoms with Gasteiger partial charge < -0.3 is 10.1 Å². The van der Waals surface area contributed by atoms with Gasteiger partial charge in [-0.15, -0.1) is 10.2 Å². The molecule has 1 N–H and O–H groups in total. The average Bonchev–Trinajstić information content (AvgIpc) is 3.29. The van der Waals surface area contributed by atoms with Crippen LogP contribution in [0.15, 0.2) is 84.0 Å². The van der Waals surface area contributed by atoms with Crippen LogP contribution in [-0.4, -0.2) is 25.9 Å². The quantitative estimate of drug-likeness (QED) is 0.237. The fourth-order valence-electron chi connectivity index (χ4n) is 3.42. The molecule has 6 nitrogen and oxygen atoms in total. The van der Waals surface area contributed by atoms with Gasteiger partial charge in [0.1, 0.15) is 5.75 Å². The number of carbonyl (C=O) groups is 1. The minimum absolute atomic E-state index is 0.262. The number of ether oxygens (including phenoxy) is 1. The summed E-state index contributed by atoms with van der Waals surface area (Å²) >= 11 is 7.41. The van der Waals surface area contributed by atoms with Gasteiger partial charge in [0.15, 0.2) is 17.1 Å². The summed E-state index contributed by atoms with van der Waals surface area (Å²) in [5, 5.41) is 11.6. The fourth-order valence-corrected chi connectivity index (χ4v) is 4.48. The van der Waals surface area contributed by atoms with Crippen LogP contribution in [0.4, 0.5) is 18.9 Å². The third kappa shape index (κ3) is 6.44. The van der Waals surface area contributed by atoms with E-state index >= 15 is 0 Å². The number of rotatable bonds is 8. The highest BCUT2D eigenvalue weighted by atomic mass is 35.5. The molecule has 2 unspecified atom stereocenters. The highest BCUT2D eigenvalue weighted by molar-refractivity contribution is 8.00. The summed E-state index contributed by atoms with van der Waals surface area (Å²) in [6.45, 7) is 3.50. The second-order valence-corrected chi connectivity index (χ2v) is 9.74. The molecule has 4 aromatic rings. The monoisotopic (exact) mass is 546 g/mol. The lowest BCUT2D eigenvalue weighted by molar-refractivity contribution is -0.137. The third-order valence-electron chi connectivity index (χ3n) is 5.31. The Morgan fingerprint density at radius 2 is 1.62 bits per heavy atom. The molecule has 37 heavy (non-hydrogen) atoms. The maximum absolute atomic E-state index is 12.8. The first-order chi connectivity index (χ1) is 17.6. The van der Waals surface area contributed by atoms with Gasteiger partial charge in [0, 0.05) is 11.4 Å². The molecule has 0 aliphatic rings. The number of hydrogen-bond acceptors (Lipinski definition) is 5. The SMILES string of the molecule is CC(Sc1nnc(C(C)Oc2ccccc2Cl)n1-c1ccccc1)C(=O)Nc1ccc(C(F)(F)F)cc1. The van der Waals surface area contributed by atoms with Crippen LogP contribution < -0.4 is 10.1 Å². The van der Waals surface area contributed by atoms with E-state index in [1.54, 1.807) is 29.7 Å². The Kier molecular flexibility index (Phi) is 8.09. The summed E-state index contributed by atoms with van der Waals surface area (Å²) in [4.78, 5) is 12.8. The standard InChI is InChI=1S/C26H22ClF3N4O2S/c1-16(36-22-11-7-6-10-21(22)27)23-32-33-25(34(23)20-8-4-3-5-9-20)37-17(2)24(35)31-19-14-12-18(13-15-19)26(28,29)30/h3-17H,1-2H3,(H,31,35). The van der Waals surface area contributed by atoms with Crippen molar-refractivity contribution in [3.8, 4) is 11.4 Å². The Morgan fingerprint density at radius 1 is 0.973 bits per heavy atom. The molecule has 0 saturated heterocycles. The maximum Gasteiger partial charge on any atom is 0.416 e. The predicted molar refractivity (Wildman–Crippen MR) is 137 cm³/mol. The van der Waals surface area contributed by atoms with Crippen LogP contribution in [0.2, 0.25) is 5.02 Å². The van der Waals surface area contributed by atoms with E-state index in [1.807, 2.05) is 43.3 Å². The third-order valence-corrected chi connectivity index (χ3v) is 6.66. The number of para-hydroxylation sites is 2. The molecule has 0 bridgehead atoms. The zero-order chi connectivity index (χ0) is 26.6. The van der Waals surface area contributed by atoms with Crippen molar-refractivity contribution in [3.05, 3.63) is 95.3 Å². The van der Waals surface area contributed by atoms with Crippen molar-refractivity contribution in [1.82, 2.24) is 14.8 Å². The minimum Gasteiger partial charge on any atom is -0.481 e. The number of halogens is 4. The lowest BCUT2D eigenvalue weighted by Gasteiger charge is -2.18. The first kappa shape index (κ1) is 26.6. The van der Waals surface area contributed by atoms with Gasteiger partial charge in [-0.05, 0) is 62.4 Å². The number of amides is 1. The van der Waals surface area contributed by atoms with E-state index in [4.69, 9.17) is 16.3 Å². The molecular formula is C26H22ClF3N4O2S. The molecule has 0 radical (unpaired) electrons. The van der Waals surface area contributed by atoms with E-state index in [-0.39, 0.29) is 5.69 Å². The second kappa shape index (κ2) is 11.3. The number of carbonyl (C=O) groups excluding carboxylic acids is 1. The fraction of sp³-hybridized carbons (Fsp3) is 0.192. The van der Waals surface area contributed by atoms with Crippen LogP contribution in [0.3, 0.4) is 0 Å². The first-order valence-electron chi connectivity index (χ1n) is 11.2. The molecule has 4 rings (SSSR count). The van der Waals surface area contributed by atoms with Gasteiger partial charge in [0.2, 0.25) is 5.91 Å². The summed E-state index contributed by atoms with van der Waals surface area (Å²) in [5.74, 6) is 0.607. The van der Waals surface area contributed by atoms with E-state index < -0.39 is 29.0 Å². The highest BCUT2D eigenvalue weighted by Crippen LogP contribution is 2.33. The summed E-state index contributed by atoms with van der Waals surface area (Å²) in [5.41, 5.74) is 0.247. The number of anilines is 1. The minimum atomic E-state index is -4.45. The molecule has 0 aliphatic carbocycles. The molecular weight excluding hydrogens is 525 g/mol. The van der Waals surface area contributed by atoms with Crippen molar-refractivity contribution in [2.45, 2.75) is 36.5 Å². The molecule has 0 fully saturated rings. The van der Waals surface area contributed by atoms with Gasteiger partial charge in [0.25, 0.3) is 0 Å². The number of aromatic nitrogens is 3. The Balaban J connectivity index is 1.55. The van der Waals surface area contributed by atoms with E-state index in [0.717, 1.165) is 29.6 Å². The van der Waals surface area contributed by atoms with Crippen LogP contribution in [0.25, 0.3) is 5.69 Å². The van der Waals surface area contributed by atoms with Gasteiger partial charge in [-0.2, -0.15) is 13.2 Å². The number of benzene rings is 3. The second-order valence-electron chi connectivity index (χ2n) is 8.03. The van der Waals surface area contributed by atoms with E-state index in [2.05, 4.69) is 15.5 Å². The lowest BCUT2D eigenvalue weighted by atomic mass is 10.2. The van der Waals surface area contributed by atoms with E-state index in [1.165, 1.54) is 12.1 Å². The molecule has 1 aromatic heterocycles. The maximum atomic E-state index is 12.8. The van der Waals surface area contributed by atoms with Crippen molar-refractivity contribution in [3.63, 3.8) is 0 Å². The topological polar surface area (TPSA) is 69.0 Å². The Labute approximate surface area is 220 Å². The van der Waals surface area contributed by atoms with Crippen molar-refractivity contribution < 1.29 is 22.7 Å². The Hall–Kier alpha value is -3.50. The predicted octanol–water partition coefficient (Wildman–Crippen LogP) is 7.20. The first-order valence-corrected chi connectivity index (χ1v) is 12.5. The summed E-state index contributed by atoms with van der Waals surface area (Å²) in [7, 11) is 0. The van der Waals surface area contributed by atoms with Gasteiger partial charge in [-0.3, -0.25) is 9.36 Å². The van der Waals surface area contributed by atoms with Gasteiger partial charge in [0.05, 0.1) is 15.8 Å². The zero-order valence-corrected chi connectivity index (χ0v) is 21.3. The molecule has 3 aromatic carbocycles. The van der Waals surface area contributed by atoms with Crippen LogP contribution in [0, 0.1) is 0 Å². The van der Waals surface area contributed by atoms with Crippen molar-refractivity contribution in [2.24, 2.45) is 0 Å². The Morgan fingerprint density at radius 3 is 2.27 bits per heavy atom. The lowest BCUT2D eigenvalue weighted by Crippen LogP contribution is -2.23. The molecule has 0 saturated carbocycles. The normalized spacial score (nSPS) is 13.1. The molecule has 1 heterocycles. The molecule has 11 heteroatoms. The average molecular weight is 547 g/mol. The smallest absolute Gasteiger partial charge is 0.416 e. The van der Waals surface area contributed by atoms with Gasteiger partial charge >= 0.3 is 6.18 Å². The van der Waals surface area contributed by atoms with Crippen LogP contribution in [0.5, 0.6) is 5.75 Å². The number of alkyl halides is 3. The van der Waals surface area contributed by atoms with Crippen molar-refractivity contribution >= 4 is 35.0 Å². The van der Waals surface area contributed by atoms with Crippen LogP contribution in [-0.2, 0) is 11.0 Å². The molecule has 1 amide bonds. The number of thioether (sulfide) groups is 1. The van der Waals surface area contributed by atoms with Crippen molar-refractivity contribution in [1.29, 1.82) is 0 Å². The van der Waals surface area contributed by atoms with E-state index in [9.17, 15) is 18.0 Å². The summed E-state index contributed by atoms with van der Waals surface area (Å²) < 4.78 is 46.3. The number of nitrogens with zero attached hydrogens (tertiary/aromatic N) is 3.